The van der Waals surface area contributed by atoms with Crippen LogP contribution in [0.5, 0.6) is 5.75 Å². The molecule has 2 aromatic carbocycles. The summed E-state index contributed by atoms with van der Waals surface area (Å²) in [5.41, 5.74) is 1.94. The first-order valence-electron chi connectivity index (χ1n) is 10.3. The Bertz CT molecular complexity index is 733. The molecule has 0 aliphatic carbocycles. The molecule has 3 rings (SSSR count). The van der Waals surface area contributed by atoms with Gasteiger partial charge in [-0.05, 0) is 36.2 Å². The number of benzene rings is 2. The summed E-state index contributed by atoms with van der Waals surface area (Å²) in [4.78, 5) is 4.25. The van der Waals surface area contributed by atoms with Crippen LogP contribution in [0.2, 0.25) is 0 Å². The number of aliphatic hydroxyl groups is 1. The Hall–Kier alpha value is -2.15. The van der Waals surface area contributed by atoms with E-state index in [4.69, 9.17) is 9.47 Å². The van der Waals surface area contributed by atoms with E-state index in [0.717, 1.165) is 38.3 Å². The number of hydrogen-bond acceptors (Lipinski definition) is 5. The van der Waals surface area contributed by atoms with E-state index in [1.807, 2.05) is 24.3 Å². The molecule has 6 heteroatoms. The summed E-state index contributed by atoms with van der Waals surface area (Å²) in [5.74, 6) is 0.650. The van der Waals surface area contributed by atoms with Gasteiger partial charge >= 0.3 is 0 Å². The molecule has 5 nitrogen and oxygen atoms in total. The monoisotopic (exact) mass is 402 g/mol. The molecular weight excluding hydrogens is 371 g/mol. The fourth-order valence-electron chi connectivity index (χ4n) is 3.49. The van der Waals surface area contributed by atoms with Crippen LogP contribution in [0, 0.1) is 5.82 Å². The first kappa shape index (κ1) is 21.6. The summed E-state index contributed by atoms with van der Waals surface area (Å²) in [7, 11) is 0. The van der Waals surface area contributed by atoms with E-state index in [0.29, 0.717) is 25.4 Å². The molecule has 0 unspecified atom stereocenters. The molecule has 1 heterocycles. The molecule has 2 aromatic rings. The van der Waals surface area contributed by atoms with Crippen molar-refractivity contribution in [3.8, 4) is 5.75 Å². The number of anilines is 1. The minimum absolute atomic E-state index is 0.182. The van der Waals surface area contributed by atoms with Crippen LogP contribution < -0.4 is 9.64 Å². The van der Waals surface area contributed by atoms with Crippen molar-refractivity contribution < 1.29 is 19.0 Å². The van der Waals surface area contributed by atoms with Gasteiger partial charge in [0.05, 0.1) is 25.0 Å². The Balaban J connectivity index is 1.28. The predicted molar refractivity (Wildman–Crippen MR) is 113 cm³/mol. The van der Waals surface area contributed by atoms with Crippen molar-refractivity contribution in [2.45, 2.75) is 19.4 Å². The van der Waals surface area contributed by atoms with Crippen molar-refractivity contribution in [3.63, 3.8) is 0 Å². The SMILES string of the molecule is CCc1ccc(OCCOC[C@@H](O)CN2CCN(c3ccccc3F)CC2)cc1. The molecule has 1 N–H and O–H groups in total. The zero-order valence-electron chi connectivity index (χ0n) is 17.1. The number of para-hydroxylation sites is 1. The topological polar surface area (TPSA) is 45.2 Å². The zero-order valence-corrected chi connectivity index (χ0v) is 17.1. The standard InChI is InChI=1S/C23H31FN2O3/c1-2-19-7-9-21(10-8-19)29-16-15-28-18-20(27)17-25-11-13-26(14-12-25)23-6-4-3-5-22(23)24/h3-10,20,27H,2,11-18H2,1H3/t20-/m0/s1. The quantitative estimate of drug-likeness (QED) is 0.619. The van der Waals surface area contributed by atoms with Crippen LogP contribution >= 0.6 is 0 Å². The number of nitrogens with zero attached hydrogens (tertiary/aromatic N) is 2. The van der Waals surface area contributed by atoms with E-state index in [1.54, 1.807) is 6.07 Å². The molecule has 0 saturated carbocycles. The van der Waals surface area contributed by atoms with E-state index >= 15 is 0 Å². The van der Waals surface area contributed by atoms with Gasteiger partial charge in [0.2, 0.25) is 0 Å². The maximum atomic E-state index is 13.9. The molecule has 1 fully saturated rings. The van der Waals surface area contributed by atoms with Crippen LogP contribution in [0.1, 0.15) is 12.5 Å². The molecule has 0 aromatic heterocycles. The average Bonchev–Trinajstić information content (AvgIpc) is 2.75. The summed E-state index contributed by atoms with van der Waals surface area (Å²) in [6.45, 7) is 6.95. The summed E-state index contributed by atoms with van der Waals surface area (Å²) < 4.78 is 25.1. The van der Waals surface area contributed by atoms with Gasteiger partial charge in [-0.15, -0.1) is 0 Å². The maximum Gasteiger partial charge on any atom is 0.146 e. The van der Waals surface area contributed by atoms with Crippen LogP contribution in [-0.2, 0) is 11.2 Å². The van der Waals surface area contributed by atoms with Gasteiger partial charge in [-0.1, -0.05) is 31.2 Å². The van der Waals surface area contributed by atoms with Crippen LogP contribution in [0.25, 0.3) is 0 Å². The molecule has 0 spiro atoms. The van der Waals surface area contributed by atoms with Gasteiger partial charge in [-0.2, -0.15) is 0 Å². The third-order valence-electron chi connectivity index (χ3n) is 5.17. The maximum absolute atomic E-state index is 13.9. The molecule has 158 valence electrons. The van der Waals surface area contributed by atoms with Gasteiger partial charge in [0.15, 0.2) is 0 Å². The van der Waals surface area contributed by atoms with Gasteiger partial charge in [0.1, 0.15) is 18.2 Å². The van der Waals surface area contributed by atoms with Crippen molar-refractivity contribution in [1.82, 2.24) is 4.90 Å². The van der Waals surface area contributed by atoms with Crippen LogP contribution in [0.15, 0.2) is 48.5 Å². The summed E-state index contributed by atoms with van der Waals surface area (Å²) in [5, 5.41) is 10.2. The highest BCUT2D eigenvalue weighted by atomic mass is 19.1. The van der Waals surface area contributed by atoms with Crippen LogP contribution in [0.3, 0.4) is 0 Å². The van der Waals surface area contributed by atoms with Gasteiger partial charge in [-0.25, -0.2) is 4.39 Å². The molecule has 29 heavy (non-hydrogen) atoms. The van der Waals surface area contributed by atoms with Crippen molar-refractivity contribution in [2.75, 3.05) is 57.4 Å². The molecule has 1 aliphatic rings. The lowest BCUT2D eigenvalue weighted by Crippen LogP contribution is -2.49. The third kappa shape index (κ3) is 6.70. The van der Waals surface area contributed by atoms with E-state index < -0.39 is 6.10 Å². The van der Waals surface area contributed by atoms with Gasteiger partial charge < -0.3 is 19.5 Å². The first-order chi connectivity index (χ1) is 14.2. The van der Waals surface area contributed by atoms with Crippen LogP contribution in [0.4, 0.5) is 10.1 Å². The van der Waals surface area contributed by atoms with E-state index in [-0.39, 0.29) is 12.4 Å². The smallest absolute Gasteiger partial charge is 0.146 e. The van der Waals surface area contributed by atoms with E-state index in [9.17, 15) is 9.50 Å². The fraction of sp³-hybridized carbons (Fsp3) is 0.478. The van der Waals surface area contributed by atoms with Gasteiger partial charge in [-0.3, -0.25) is 4.90 Å². The Morgan fingerprint density at radius 3 is 2.41 bits per heavy atom. The van der Waals surface area contributed by atoms with Crippen molar-refractivity contribution >= 4 is 5.69 Å². The van der Waals surface area contributed by atoms with Crippen molar-refractivity contribution in [3.05, 3.63) is 59.9 Å². The van der Waals surface area contributed by atoms with Crippen molar-refractivity contribution in [2.24, 2.45) is 0 Å². The molecule has 1 saturated heterocycles. The molecule has 1 atom stereocenters. The third-order valence-corrected chi connectivity index (χ3v) is 5.17. The number of halogens is 1. The molecule has 0 bridgehead atoms. The Morgan fingerprint density at radius 1 is 1.00 bits per heavy atom. The fourth-order valence-corrected chi connectivity index (χ4v) is 3.49. The minimum atomic E-state index is -0.543. The highest BCUT2D eigenvalue weighted by Crippen LogP contribution is 2.20. The lowest BCUT2D eigenvalue weighted by Gasteiger charge is -2.36. The summed E-state index contributed by atoms with van der Waals surface area (Å²) in [6, 6.07) is 14.9. The Morgan fingerprint density at radius 2 is 1.72 bits per heavy atom. The number of hydrogen-bond donors (Lipinski definition) is 1. The highest BCUT2D eigenvalue weighted by Gasteiger charge is 2.21. The first-order valence-corrected chi connectivity index (χ1v) is 10.3. The number of aryl methyl sites for hydroxylation is 1. The second-order valence-electron chi connectivity index (χ2n) is 7.31. The number of rotatable bonds is 10. The average molecular weight is 403 g/mol. The second kappa shape index (κ2) is 11.1. The predicted octanol–water partition coefficient (Wildman–Crippen LogP) is 2.97. The number of β-amino-alcohol motifs (C(OH)–C–C–N with tert-alkyl or cyclic N) is 1. The minimum Gasteiger partial charge on any atom is -0.491 e. The highest BCUT2D eigenvalue weighted by molar-refractivity contribution is 5.48. The normalized spacial score (nSPS) is 16.0. The molecule has 0 amide bonds. The van der Waals surface area contributed by atoms with Crippen molar-refractivity contribution in [1.29, 1.82) is 0 Å². The van der Waals surface area contributed by atoms with Gasteiger partial charge in [0, 0.05) is 32.7 Å². The summed E-state index contributed by atoms with van der Waals surface area (Å²) in [6.07, 6.45) is 0.471. The number of ether oxygens (including phenoxy) is 2. The molecule has 0 radical (unpaired) electrons. The van der Waals surface area contributed by atoms with Gasteiger partial charge in [0.25, 0.3) is 0 Å². The van der Waals surface area contributed by atoms with E-state index in [1.165, 1.54) is 11.6 Å². The molecular formula is C23H31FN2O3. The Labute approximate surface area is 172 Å². The lowest BCUT2D eigenvalue weighted by atomic mass is 10.2. The number of aliphatic hydroxyl groups excluding tert-OH is 1. The van der Waals surface area contributed by atoms with Crippen LogP contribution in [-0.4, -0.2) is 68.7 Å². The zero-order chi connectivity index (χ0) is 20.5. The summed E-state index contributed by atoms with van der Waals surface area (Å²) >= 11 is 0. The lowest BCUT2D eigenvalue weighted by molar-refractivity contribution is 0.00716. The molecule has 1 aliphatic heterocycles. The largest absolute Gasteiger partial charge is 0.491 e. The second-order valence-corrected chi connectivity index (χ2v) is 7.31. The number of piperazine rings is 1. The Kier molecular flexibility index (Phi) is 8.28. The van der Waals surface area contributed by atoms with E-state index in [2.05, 4.69) is 28.9 Å².